The number of aromatic amines is 1. The molecule has 5 nitrogen and oxygen atoms in total. The molecule has 2 rings (SSSR count). The van der Waals surface area contributed by atoms with Crippen molar-refractivity contribution < 1.29 is 0 Å². The average molecular weight is 247 g/mol. The number of aromatic nitrogens is 4. The fourth-order valence-electron chi connectivity index (χ4n) is 2.16. The summed E-state index contributed by atoms with van der Waals surface area (Å²) in [5.41, 5.74) is 1.62. The summed E-state index contributed by atoms with van der Waals surface area (Å²) in [4.78, 5) is 15.7. The van der Waals surface area contributed by atoms with Crippen molar-refractivity contribution in [2.75, 3.05) is 5.32 Å². The minimum Gasteiger partial charge on any atom is -0.365 e. The van der Waals surface area contributed by atoms with Crippen LogP contribution in [0.2, 0.25) is 0 Å². The first-order valence-corrected chi connectivity index (χ1v) is 6.75. The summed E-state index contributed by atoms with van der Waals surface area (Å²) in [7, 11) is 0. The first-order valence-electron chi connectivity index (χ1n) is 6.75. The van der Waals surface area contributed by atoms with E-state index in [2.05, 4.69) is 39.1 Å². The second kappa shape index (κ2) is 6.33. The third-order valence-electron chi connectivity index (χ3n) is 3.11. The highest BCUT2D eigenvalue weighted by atomic mass is 15.1. The molecule has 2 aromatic rings. The molecule has 0 saturated carbocycles. The van der Waals surface area contributed by atoms with E-state index in [0.29, 0.717) is 6.04 Å². The lowest BCUT2D eigenvalue weighted by atomic mass is 10.1. The Morgan fingerprint density at radius 1 is 1.17 bits per heavy atom. The number of nitrogens with zero attached hydrogens (tertiary/aromatic N) is 3. The molecular weight excluding hydrogens is 226 g/mol. The summed E-state index contributed by atoms with van der Waals surface area (Å²) in [5.74, 6) is 0.868. The molecule has 0 aliphatic heterocycles. The number of nitrogens with one attached hydrogen (secondary N) is 2. The highest BCUT2D eigenvalue weighted by Gasteiger charge is 2.11. The van der Waals surface area contributed by atoms with E-state index < -0.39 is 0 Å². The fourth-order valence-corrected chi connectivity index (χ4v) is 2.16. The molecule has 5 heteroatoms. The Labute approximate surface area is 107 Å². The van der Waals surface area contributed by atoms with Gasteiger partial charge in [-0.25, -0.2) is 15.0 Å². The average Bonchev–Trinajstić information content (AvgIpc) is 2.85. The van der Waals surface area contributed by atoms with Crippen molar-refractivity contribution in [3.05, 3.63) is 12.7 Å². The fraction of sp³-hybridized carbons (Fsp3) is 0.615. The van der Waals surface area contributed by atoms with E-state index in [9.17, 15) is 0 Å². The minimum absolute atomic E-state index is 0.483. The molecule has 0 fully saturated rings. The Hall–Kier alpha value is -1.65. The normalized spacial score (nSPS) is 12.8. The monoisotopic (exact) mass is 247 g/mol. The second-order valence-corrected chi connectivity index (χ2v) is 4.60. The minimum atomic E-state index is 0.483. The summed E-state index contributed by atoms with van der Waals surface area (Å²) in [5, 5.41) is 3.52. The quantitative estimate of drug-likeness (QED) is 0.789. The van der Waals surface area contributed by atoms with E-state index in [4.69, 9.17) is 0 Å². The van der Waals surface area contributed by atoms with Gasteiger partial charge in [0.1, 0.15) is 11.8 Å². The maximum absolute atomic E-state index is 4.32. The van der Waals surface area contributed by atoms with Crippen LogP contribution >= 0.6 is 0 Å². The van der Waals surface area contributed by atoms with Gasteiger partial charge in [-0.05, 0) is 12.8 Å². The lowest BCUT2D eigenvalue weighted by Crippen LogP contribution is -2.20. The Kier molecular flexibility index (Phi) is 4.50. The van der Waals surface area contributed by atoms with Gasteiger partial charge < -0.3 is 10.3 Å². The van der Waals surface area contributed by atoms with E-state index in [-0.39, 0.29) is 0 Å². The van der Waals surface area contributed by atoms with Gasteiger partial charge in [-0.1, -0.05) is 33.1 Å². The lowest BCUT2D eigenvalue weighted by Gasteiger charge is -2.18. The molecule has 2 heterocycles. The molecule has 18 heavy (non-hydrogen) atoms. The zero-order valence-corrected chi connectivity index (χ0v) is 11.1. The molecule has 0 aliphatic carbocycles. The van der Waals surface area contributed by atoms with Gasteiger partial charge in [0.15, 0.2) is 11.5 Å². The number of fused-ring (bicyclic) bond motifs is 1. The van der Waals surface area contributed by atoms with Gasteiger partial charge in [0.05, 0.1) is 6.33 Å². The van der Waals surface area contributed by atoms with Crippen LogP contribution in [-0.4, -0.2) is 26.0 Å². The number of anilines is 1. The highest BCUT2D eigenvalue weighted by Crippen LogP contribution is 2.18. The number of unbranched alkanes of at least 4 members (excludes halogenated alkanes) is 1. The molecule has 0 aliphatic rings. The summed E-state index contributed by atoms with van der Waals surface area (Å²) in [6.07, 6.45) is 9.22. The molecule has 0 radical (unpaired) electrons. The molecule has 1 unspecified atom stereocenters. The predicted octanol–water partition coefficient (Wildman–Crippen LogP) is 3.12. The van der Waals surface area contributed by atoms with E-state index in [0.717, 1.165) is 17.0 Å². The number of imidazole rings is 1. The van der Waals surface area contributed by atoms with E-state index in [1.165, 1.54) is 32.1 Å². The zero-order chi connectivity index (χ0) is 12.8. The van der Waals surface area contributed by atoms with Crippen molar-refractivity contribution in [3.63, 3.8) is 0 Å². The van der Waals surface area contributed by atoms with E-state index in [1.54, 1.807) is 12.7 Å². The Morgan fingerprint density at radius 2 is 2.06 bits per heavy atom. The van der Waals surface area contributed by atoms with Crippen molar-refractivity contribution in [2.45, 2.75) is 52.0 Å². The maximum atomic E-state index is 4.32. The summed E-state index contributed by atoms with van der Waals surface area (Å²) in [6, 6.07) is 0.483. The van der Waals surface area contributed by atoms with Crippen LogP contribution in [-0.2, 0) is 0 Å². The van der Waals surface area contributed by atoms with Crippen LogP contribution < -0.4 is 5.32 Å². The van der Waals surface area contributed by atoms with Crippen molar-refractivity contribution >= 4 is 17.0 Å². The van der Waals surface area contributed by atoms with Gasteiger partial charge in [-0.15, -0.1) is 0 Å². The van der Waals surface area contributed by atoms with Gasteiger partial charge in [0, 0.05) is 6.04 Å². The molecule has 0 spiro atoms. The van der Waals surface area contributed by atoms with Gasteiger partial charge in [-0.2, -0.15) is 0 Å². The first-order chi connectivity index (χ1) is 8.85. The molecule has 0 amide bonds. The molecule has 0 saturated heterocycles. The lowest BCUT2D eigenvalue weighted by molar-refractivity contribution is 0.563. The molecule has 0 bridgehead atoms. The topological polar surface area (TPSA) is 66.5 Å². The summed E-state index contributed by atoms with van der Waals surface area (Å²) in [6.45, 7) is 4.44. The van der Waals surface area contributed by atoms with E-state index >= 15 is 0 Å². The number of H-pyrrole nitrogens is 1. The largest absolute Gasteiger partial charge is 0.365 e. The number of hydrogen-bond donors (Lipinski definition) is 2. The first kappa shape index (κ1) is 12.8. The van der Waals surface area contributed by atoms with Crippen molar-refractivity contribution in [2.24, 2.45) is 0 Å². The Morgan fingerprint density at radius 3 is 2.83 bits per heavy atom. The van der Waals surface area contributed by atoms with Gasteiger partial charge in [-0.3, -0.25) is 0 Å². The van der Waals surface area contributed by atoms with Gasteiger partial charge in [0.25, 0.3) is 0 Å². The Bertz CT molecular complexity index is 479. The summed E-state index contributed by atoms with van der Waals surface area (Å²) < 4.78 is 0. The SMILES string of the molecule is CCCCC(CCC)Nc1ncnc2nc[nH]c12. The van der Waals surface area contributed by atoms with E-state index in [1.807, 2.05) is 0 Å². The van der Waals surface area contributed by atoms with Crippen LogP contribution in [0.4, 0.5) is 5.82 Å². The molecule has 1 atom stereocenters. The predicted molar refractivity (Wildman–Crippen MR) is 73.5 cm³/mol. The zero-order valence-electron chi connectivity index (χ0n) is 11.1. The molecule has 0 aromatic carbocycles. The molecule has 2 aromatic heterocycles. The smallest absolute Gasteiger partial charge is 0.182 e. The van der Waals surface area contributed by atoms with Crippen molar-refractivity contribution in [1.82, 2.24) is 19.9 Å². The van der Waals surface area contributed by atoms with Crippen LogP contribution in [0.15, 0.2) is 12.7 Å². The van der Waals surface area contributed by atoms with Crippen LogP contribution in [0.3, 0.4) is 0 Å². The van der Waals surface area contributed by atoms with Crippen molar-refractivity contribution in [1.29, 1.82) is 0 Å². The molecule has 2 N–H and O–H groups in total. The molecule has 98 valence electrons. The van der Waals surface area contributed by atoms with Gasteiger partial charge >= 0.3 is 0 Å². The van der Waals surface area contributed by atoms with Crippen LogP contribution in [0.1, 0.15) is 46.0 Å². The highest BCUT2D eigenvalue weighted by molar-refractivity contribution is 5.82. The second-order valence-electron chi connectivity index (χ2n) is 4.60. The molecular formula is C13H21N5. The third-order valence-corrected chi connectivity index (χ3v) is 3.11. The van der Waals surface area contributed by atoms with Crippen LogP contribution in [0.25, 0.3) is 11.2 Å². The van der Waals surface area contributed by atoms with Crippen LogP contribution in [0.5, 0.6) is 0 Å². The summed E-state index contributed by atoms with van der Waals surface area (Å²) >= 11 is 0. The van der Waals surface area contributed by atoms with Gasteiger partial charge in [0.2, 0.25) is 0 Å². The maximum Gasteiger partial charge on any atom is 0.182 e. The van der Waals surface area contributed by atoms with Crippen molar-refractivity contribution in [3.8, 4) is 0 Å². The standard InChI is InChI=1S/C13H21N5/c1-3-5-7-10(6-4-2)18-13-11-12(15-8-14-11)16-9-17-13/h8-10H,3-7H2,1-2H3,(H2,14,15,16,17,18). The van der Waals surface area contributed by atoms with Crippen LogP contribution in [0, 0.1) is 0 Å². The Balaban J connectivity index is 2.12. The third kappa shape index (κ3) is 2.97. The number of rotatable bonds is 7. The number of hydrogen-bond acceptors (Lipinski definition) is 4.